The summed E-state index contributed by atoms with van der Waals surface area (Å²) in [5, 5.41) is 15.5. The Hall–Kier alpha value is -0.490. The van der Waals surface area contributed by atoms with Crippen LogP contribution in [0.2, 0.25) is 0 Å². The van der Waals surface area contributed by atoms with Crippen molar-refractivity contribution in [2.75, 3.05) is 20.3 Å². The maximum Gasteiger partial charge on any atom is 0.0898 e. The monoisotopic (exact) mass is 230 g/mol. The van der Waals surface area contributed by atoms with Crippen LogP contribution in [-0.2, 0) is 4.74 Å². The van der Waals surface area contributed by atoms with E-state index in [2.05, 4.69) is 10.3 Å². The molecule has 0 saturated heterocycles. The predicted molar refractivity (Wildman–Crippen MR) is 61.2 cm³/mol. The highest BCUT2D eigenvalue weighted by Crippen LogP contribution is 2.16. The van der Waals surface area contributed by atoms with Gasteiger partial charge in [0.1, 0.15) is 0 Å². The maximum absolute atomic E-state index is 9.10. The highest BCUT2D eigenvalue weighted by atomic mass is 32.1. The summed E-state index contributed by atoms with van der Waals surface area (Å²) in [5.74, 6) is 0. The smallest absolute Gasteiger partial charge is 0.0898 e. The first-order valence-corrected chi connectivity index (χ1v) is 5.83. The molecule has 15 heavy (non-hydrogen) atoms. The van der Waals surface area contributed by atoms with Crippen LogP contribution in [0.5, 0.6) is 0 Å². The van der Waals surface area contributed by atoms with Crippen molar-refractivity contribution in [1.29, 1.82) is 0 Å². The summed E-state index contributed by atoms with van der Waals surface area (Å²) in [4.78, 5) is 4.39. The molecule has 1 heterocycles. The molecule has 1 rings (SSSR count). The fraction of sp³-hybridized carbons (Fsp3) is 0.700. The Morgan fingerprint density at radius 1 is 1.67 bits per heavy atom. The number of nitrogens with zero attached hydrogens (tertiary/aromatic N) is 1. The van der Waals surface area contributed by atoms with E-state index in [4.69, 9.17) is 9.84 Å². The summed E-state index contributed by atoms with van der Waals surface area (Å²) in [6.07, 6.45) is 0. The summed E-state index contributed by atoms with van der Waals surface area (Å²) in [5.41, 5.74) is 1.02. The Labute approximate surface area is 94.3 Å². The van der Waals surface area contributed by atoms with Gasteiger partial charge in [-0.15, -0.1) is 11.3 Å². The third kappa shape index (κ3) is 3.87. The fourth-order valence-corrected chi connectivity index (χ4v) is 2.08. The molecule has 0 aliphatic heterocycles. The maximum atomic E-state index is 9.10. The first kappa shape index (κ1) is 12.6. The van der Waals surface area contributed by atoms with E-state index in [0.717, 1.165) is 10.7 Å². The zero-order valence-electron chi connectivity index (χ0n) is 9.36. The van der Waals surface area contributed by atoms with Gasteiger partial charge >= 0.3 is 0 Å². The number of ether oxygens (including phenoxy) is 1. The molecule has 0 radical (unpaired) electrons. The lowest BCUT2D eigenvalue weighted by Gasteiger charge is -2.19. The second kappa shape index (κ2) is 6.17. The third-order valence-corrected chi connectivity index (χ3v) is 2.95. The number of aromatic nitrogens is 1. The van der Waals surface area contributed by atoms with Crippen LogP contribution in [-0.4, -0.2) is 36.5 Å². The normalized spacial score (nSPS) is 15.2. The molecule has 86 valence electrons. The molecule has 0 bridgehead atoms. The van der Waals surface area contributed by atoms with Crippen molar-refractivity contribution in [3.8, 4) is 0 Å². The lowest BCUT2D eigenvalue weighted by atomic mass is 10.2. The molecule has 0 aliphatic rings. The van der Waals surface area contributed by atoms with E-state index in [0.29, 0.717) is 6.61 Å². The standard InChI is InChI=1S/C10H18N2O2S/c1-7(10-6-15-8(2)12-10)11-9(4-13)5-14-3/h6-7,9,11,13H,4-5H2,1-3H3. The van der Waals surface area contributed by atoms with E-state index in [1.165, 1.54) is 0 Å². The molecule has 5 heteroatoms. The molecule has 2 N–H and O–H groups in total. The summed E-state index contributed by atoms with van der Waals surface area (Å²) < 4.78 is 5.00. The van der Waals surface area contributed by atoms with Crippen molar-refractivity contribution in [3.63, 3.8) is 0 Å². The Bertz CT molecular complexity index is 291. The SMILES string of the molecule is COCC(CO)NC(C)c1csc(C)n1. The molecule has 2 atom stereocenters. The second-order valence-corrected chi connectivity index (χ2v) is 4.58. The summed E-state index contributed by atoms with van der Waals surface area (Å²) in [7, 11) is 1.63. The van der Waals surface area contributed by atoms with Gasteiger partial charge in [-0.2, -0.15) is 0 Å². The van der Waals surface area contributed by atoms with Gasteiger partial charge in [-0.25, -0.2) is 4.98 Å². The van der Waals surface area contributed by atoms with E-state index in [1.807, 2.05) is 19.2 Å². The van der Waals surface area contributed by atoms with E-state index in [1.54, 1.807) is 18.4 Å². The van der Waals surface area contributed by atoms with Gasteiger partial charge in [-0.05, 0) is 13.8 Å². The van der Waals surface area contributed by atoms with Crippen LogP contribution in [0.15, 0.2) is 5.38 Å². The number of aryl methyl sites for hydroxylation is 1. The van der Waals surface area contributed by atoms with E-state index < -0.39 is 0 Å². The minimum absolute atomic E-state index is 0.0352. The highest BCUT2D eigenvalue weighted by molar-refractivity contribution is 7.09. The molecule has 0 spiro atoms. The van der Waals surface area contributed by atoms with Crippen LogP contribution >= 0.6 is 11.3 Å². The molecule has 0 saturated carbocycles. The summed E-state index contributed by atoms with van der Waals surface area (Å²) in [6, 6.07) is 0.106. The van der Waals surface area contributed by atoms with Crippen molar-refractivity contribution in [1.82, 2.24) is 10.3 Å². The molecule has 0 aliphatic carbocycles. The molecule has 0 amide bonds. The van der Waals surface area contributed by atoms with Crippen LogP contribution in [0.1, 0.15) is 23.7 Å². The van der Waals surface area contributed by atoms with Crippen molar-refractivity contribution in [2.24, 2.45) is 0 Å². The number of methoxy groups -OCH3 is 1. The largest absolute Gasteiger partial charge is 0.395 e. The fourth-order valence-electron chi connectivity index (χ4n) is 1.37. The van der Waals surface area contributed by atoms with Gasteiger partial charge < -0.3 is 15.2 Å². The van der Waals surface area contributed by atoms with Gasteiger partial charge in [0, 0.05) is 18.5 Å². The zero-order chi connectivity index (χ0) is 11.3. The number of hydrogen-bond acceptors (Lipinski definition) is 5. The van der Waals surface area contributed by atoms with Gasteiger partial charge in [0.05, 0.1) is 30.0 Å². The second-order valence-electron chi connectivity index (χ2n) is 3.51. The average Bonchev–Trinajstić information content (AvgIpc) is 2.64. The highest BCUT2D eigenvalue weighted by Gasteiger charge is 2.14. The molecule has 1 aromatic rings. The molecular weight excluding hydrogens is 212 g/mol. The van der Waals surface area contributed by atoms with Gasteiger partial charge in [0.25, 0.3) is 0 Å². The van der Waals surface area contributed by atoms with Crippen LogP contribution in [0.3, 0.4) is 0 Å². The molecule has 2 unspecified atom stereocenters. The average molecular weight is 230 g/mol. The zero-order valence-corrected chi connectivity index (χ0v) is 10.2. The van der Waals surface area contributed by atoms with Gasteiger partial charge in [0.15, 0.2) is 0 Å². The van der Waals surface area contributed by atoms with Crippen LogP contribution in [0, 0.1) is 6.92 Å². The Balaban J connectivity index is 2.50. The van der Waals surface area contributed by atoms with Gasteiger partial charge in [-0.3, -0.25) is 0 Å². The number of hydrogen-bond donors (Lipinski definition) is 2. The molecule has 1 aromatic heterocycles. The van der Waals surface area contributed by atoms with Crippen LogP contribution in [0.4, 0.5) is 0 Å². The first-order chi connectivity index (χ1) is 7.17. The van der Waals surface area contributed by atoms with Gasteiger partial charge in [0.2, 0.25) is 0 Å². The number of aliphatic hydroxyl groups excluding tert-OH is 1. The molecule has 0 fully saturated rings. The minimum atomic E-state index is -0.0352. The number of thiazole rings is 1. The van der Waals surface area contributed by atoms with Crippen molar-refractivity contribution < 1.29 is 9.84 Å². The van der Waals surface area contributed by atoms with E-state index in [9.17, 15) is 0 Å². The summed E-state index contributed by atoms with van der Waals surface area (Å²) in [6.45, 7) is 4.59. The third-order valence-electron chi connectivity index (χ3n) is 2.15. The van der Waals surface area contributed by atoms with E-state index >= 15 is 0 Å². The minimum Gasteiger partial charge on any atom is -0.395 e. The van der Waals surface area contributed by atoms with Crippen molar-refractivity contribution >= 4 is 11.3 Å². The topological polar surface area (TPSA) is 54.4 Å². The Morgan fingerprint density at radius 3 is 2.87 bits per heavy atom. The predicted octanol–water partition coefficient (Wildman–Crippen LogP) is 1.11. The Kier molecular flexibility index (Phi) is 5.17. The number of nitrogens with one attached hydrogen (secondary N) is 1. The van der Waals surface area contributed by atoms with Gasteiger partial charge in [-0.1, -0.05) is 0 Å². The lowest BCUT2D eigenvalue weighted by molar-refractivity contribution is 0.123. The van der Waals surface area contributed by atoms with E-state index in [-0.39, 0.29) is 18.7 Å². The van der Waals surface area contributed by atoms with Crippen LogP contribution in [0.25, 0.3) is 0 Å². The number of aliphatic hydroxyl groups is 1. The number of rotatable bonds is 6. The molecule has 4 nitrogen and oxygen atoms in total. The first-order valence-electron chi connectivity index (χ1n) is 4.95. The van der Waals surface area contributed by atoms with Crippen molar-refractivity contribution in [3.05, 3.63) is 16.1 Å². The van der Waals surface area contributed by atoms with Crippen molar-refractivity contribution in [2.45, 2.75) is 25.9 Å². The van der Waals surface area contributed by atoms with Crippen LogP contribution < -0.4 is 5.32 Å². The molecule has 0 aromatic carbocycles. The Morgan fingerprint density at radius 2 is 2.40 bits per heavy atom. The summed E-state index contributed by atoms with van der Waals surface area (Å²) >= 11 is 1.64. The molecular formula is C10H18N2O2S. The lowest BCUT2D eigenvalue weighted by Crippen LogP contribution is -2.38. The quantitative estimate of drug-likeness (QED) is 0.768.